The number of amides is 1. The van der Waals surface area contributed by atoms with Crippen LogP contribution in [-0.4, -0.2) is 52.1 Å². The molecule has 5 rings (SSSR count). The molecule has 7 nitrogen and oxygen atoms in total. The first-order chi connectivity index (χ1) is 18.5. The molecule has 0 radical (unpaired) electrons. The van der Waals surface area contributed by atoms with Gasteiger partial charge in [-0.1, -0.05) is 54.3 Å². The third kappa shape index (κ3) is 5.67. The first kappa shape index (κ1) is 27.2. The monoisotopic (exact) mass is 577 g/mol. The quantitative estimate of drug-likeness (QED) is 0.260. The van der Waals surface area contributed by atoms with E-state index in [0.29, 0.717) is 60.2 Å². The zero-order valence-electron chi connectivity index (χ0n) is 21.1. The molecule has 0 atom stereocenters. The smallest absolute Gasteiger partial charge is 0.352 e. The minimum atomic E-state index is -4.50. The molecule has 1 aliphatic heterocycles. The molecule has 39 heavy (non-hydrogen) atoms. The Labute approximate surface area is 232 Å². The number of alkyl halides is 3. The van der Waals surface area contributed by atoms with E-state index in [1.807, 2.05) is 18.7 Å². The largest absolute Gasteiger partial charge is 0.416 e. The van der Waals surface area contributed by atoms with Crippen molar-refractivity contribution >= 4 is 46.0 Å². The first-order valence-corrected chi connectivity index (χ1v) is 13.1. The van der Waals surface area contributed by atoms with Crippen LogP contribution >= 0.6 is 23.2 Å². The van der Waals surface area contributed by atoms with Gasteiger partial charge in [0.1, 0.15) is 22.7 Å². The number of carbonyl (C=O) groups is 1. The number of benzene rings is 2. The topological polar surface area (TPSA) is 75.4 Å². The van der Waals surface area contributed by atoms with E-state index in [1.54, 1.807) is 23.1 Å². The Kier molecular flexibility index (Phi) is 7.43. The second-order valence-electron chi connectivity index (χ2n) is 9.75. The fourth-order valence-corrected chi connectivity index (χ4v) is 5.05. The van der Waals surface area contributed by atoms with Gasteiger partial charge in [0.05, 0.1) is 16.1 Å². The summed E-state index contributed by atoms with van der Waals surface area (Å²) in [6, 6.07) is 9.67. The number of anilines is 1. The van der Waals surface area contributed by atoms with Crippen molar-refractivity contribution in [2.45, 2.75) is 26.4 Å². The summed E-state index contributed by atoms with van der Waals surface area (Å²) in [5, 5.41) is 5.26. The number of aromatic nitrogens is 3. The number of piperazine rings is 1. The van der Waals surface area contributed by atoms with Gasteiger partial charge in [-0.05, 0) is 36.2 Å². The maximum absolute atomic E-state index is 13.4. The van der Waals surface area contributed by atoms with Crippen LogP contribution in [0.3, 0.4) is 0 Å². The molecule has 1 aliphatic rings. The van der Waals surface area contributed by atoms with E-state index in [-0.39, 0.29) is 33.8 Å². The molecule has 0 spiro atoms. The van der Waals surface area contributed by atoms with Gasteiger partial charge in [-0.3, -0.25) is 4.79 Å². The van der Waals surface area contributed by atoms with Gasteiger partial charge in [0.15, 0.2) is 0 Å². The highest BCUT2D eigenvalue weighted by Gasteiger charge is 2.32. The Morgan fingerprint density at radius 1 is 1.05 bits per heavy atom. The molecular formula is C27H24Cl2F3N5O2. The molecule has 1 amide bonds. The Balaban J connectivity index is 1.49. The fourth-order valence-electron chi connectivity index (χ4n) is 4.56. The molecule has 12 heteroatoms. The number of fused-ring (bicyclic) bond motifs is 1. The summed E-state index contributed by atoms with van der Waals surface area (Å²) in [5.41, 5.74) is 0.256. The van der Waals surface area contributed by atoms with Crippen LogP contribution in [0.25, 0.3) is 22.4 Å². The van der Waals surface area contributed by atoms with E-state index < -0.39 is 11.7 Å². The van der Waals surface area contributed by atoms with Crippen molar-refractivity contribution in [1.82, 2.24) is 20.0 Å². The third-order valence-corrected chi connectivity index (χ3v) is 6.99. The molecule has 3 heterocycles. The highest BCUT2D eigenvalue weighted by molar-refractivity contribution is 6.36. The lowest BCUT2D eigenvalue weighted by Gasteiger charge is -2.36. The van der Waals surface area contributed by atoms with Gasteiger partial charge in [0, 0.05) is 43.2 Å². The number of hydrogen-bond donors (Lipinski definition) is 0. The Morgan fingerprint density at radius 2 is 1.79 bits per heavy atom. The summed E-state index contributed by atoms with van der Waals surface area (Å²) in [4.78, 5) is 26.1. The molecule has 1 fully saturated rings. The van der Waals surface area contributed by atoms with Crippen molar-refractivity contribution in [3.8, 4) is 11.3 Å². The summed E-state index contributed by atoms with van der Waals surface area (Å²) in [6.07, 6.45) is -3.93. The van der Waals surface area contributed by atoms with Crippen LogP contribution in [0.4, 0.5) is 19.0 Å². The van der Waals surface area contributed by atoms with Crippen molar-refractivity contribution in [2.75, 3.05) is 31.1 Å². The lowest BCUT2D eigenvalue weighted by Crippen LogP contribution is -2.49. The molecule has 1 saturated heterocycles. The number of hydrogen-bond acceptors (Lipinski definition) is 6. The first-order valence-electron chi connectivity index (χ1n) is 12.3. The average Bonchev–Trinajstić information content (AvgIpc) is 3.31. The number of rotatable bonds is 5. The zero-order valence-corrected chi connectivity index (χ0v) is 22.6. The van der Waals surface area contributed by atoms with Gasteiger partial charge in [0.25, 0.3) is 11.6 Å². The summed E-state index contributed by atoms with van der Waals surface area (Å²) >= 11 is 12.2. The second-order valence-corrected chi connectivity index (χ2v) is 10.6. The predicted molar refractivity (Wildman–Crippen MR) is 143 cm³/mol. The molecule has 0 N–H and O–H groups in total. The Morgan fingerprint density at radius 3 is 2.46 bits per heavy atom. The van der Waals surface area contributed by atoms with Crippen LogP contribution in [0.5, 0.6) is 0 Å². The van der Waals surface area contributed by atoms with Gasteiger partial charge in [-0.2, -0.15) is 18.2 Å². The van der Waals surface area contributed by atoms with Crippen molar-refractivity contribution in [1.29, 1.82) is 0 Å². The maximum atomic E-state index is 13.4. The second kappa shape index (κ2) is 10.7. The van der Waals surface area contributed by atoms with E-state index in [0.717, 1.165) is 12.1 Å². The van der Waals surface area contributed by atoms with Crippen LogP contribution in [0, 0.1) is 5.92 Å². The number of nitrogens with zero attached hydrogens (tertiary/aromatic N) is 5. The van der Waals surface area contributed by atoms with Gasteiger partial charge >= 0.3 is 6.18 Å². The molecular weight excluding hydrogens is 554 g/mol. The summed E-state index contributed by atoms with van der Waals surface area (Å²) in [6.45, 7) is 5.69. The molecule has 2 aromatic carbocycles. The van der Waals surface area contributed by atoms with E-state index in [9.17, 15) is 18.0 Å². The van der Waals surface area contributed by atoms with Crippen molar-refractivity contribution in [3.05, 3.63) is 69.5 Å². The average molecular weight is 578 g/mol. The molecule has 204 valence electrons. The minimum absolute atomic E-state index is 0.203. The predicted octanol–water partition coefficient (Wildman–Crippen LogP) is 6.77. The molecule has 4 aromatic rings. The van der Waals surface area contributed by atoms with Gasteiger partial charge in [0.2, 0.25) is 0 Å². The van der Waals surface area contributed by atoms with Crippen LogP contribution in [0.2, 0.25) is 10.0 Å². The van der Waals surface area contributed by atoms with Crippen molar-refractivity contribution in [3.63, 3.8) is 0 Å². The Hall–Kier alpha value is -3.37. The Bertz CT molecular complexity index is 1530. The third-order valence-electron chi connectivity index (χ3n) is 6.45. The number of carbonyl (C=O) groups excluding carboxylic acids is 1. The minimum Gasteiger partial charge on any atom is -0.352 e. The lowest BCUT2D eigenvalue weighted by molar-refractivity contribution is -0.137. The highest BCUT2D eigenvalue weighted by atomic mass is 35.5. The summed E-state index contributed by atoms with van der Waals surface area (Å²) in [7, 11) is 0. The van der Waals surface area contributed by atoms with Crippen LogP contribution in [-0.2, 0) is 12.6 Å². The van der Waals surface area contributed by atoms with Gasteiger partial charge in [-0.15, -0.1) is 0 Å². The van der Waals surface area contributed by atoms with E-state index in [4.69, 9.17) is 32.7 Å². The van der Waals surface area contributed by atoms with Crippen LogP contribution in [0.15, 0.2) is 47.0 Å². The normalized spacial score (nSPS) is 14.5. The van der Waals surface area contributed by atoms with E-state index in [2.05, 4.69) is 10.1 Å². The SMILES string of the molecule is CC(C)Cc1nc(N2CCN(C(=O)c3ccc(Cl)cc3Cl)CC2)c2c(-c3cccc(C(F)(F)F)c3)noc2n1. The molecule has 0 saturated carbocycles. The van der Waals surface area contributed by atoms with Gasteiger partial charge < -0.3 is 14.3 Å². The standard InChI is InChI=1S/C27H24Cl2F3N5O2/c1-15(2)12-21-33-24(36-8-10-37(11-9-36)26(38)19-7-6-18(28)14-20(19)29)22-23(35-39-25(22)34-21)16-4-3-5-17(13-16)27(30,31)32/h3-7,13-15H,8-12H2,1-2H3. The van der Waals surface area contributed by atoms with E-state index in [1.165, 1.54) is 12.1 Å². The molecule has 0 bridgehead atoms. The van der Waals surface area contributed by atoms with E-state index >= 15 is 0 Å². The van der Waals surface area contributed by atoms with Gasteiger partial charge in [-0.25, -0.2) is 4.98 Å². The lowest BCUT2D eigenvalue weighted by atomic mass is 10.0. The van der Waals surface area contributed by atoms with Crippen molar-refractivity contribution < 1.29 is 22.5 Å². The van der Waals surface area contributed by atoms with Crippen LogP contribution < -0.4 is 4.90 Å². The summed E-state index contributed by atoms with van der Waals surface area (Å²) < 4.78 is 45.8. The van der Waals surface area contributed by atoms with Crippen molar-refractivity contribution in [2.24, 2.45) is 5.92 Å². The maximum Gasteiger partial charge on any atom is 0.416 e. The molecule has 2 aromatic heterocycles. The highest BCUT2D eigenvalue weighted by Crippen LogP contribution is 2.37. The summed E-state index contributed by atoms with van der Waals surface area (Å²) in [5.74, 6) is 1.12. The molecule has 0 unspecified atom stereocenters. The van der Waals surface area contributed by atoms with Crippen LogP contribution in [0.1, 0.15) is 35.6 Å². The number of halogens is 5. The zero-order chi connectivity index (χ0) is 27.9. The molecule has 0 aliphatic carbocycles. The fraction of sp³-hybridized carbons (Fsp3) is 0.333.